The second-order valence-corrected chi connectivity index (χ2v) is 5.17. The number of aromatic nitrogens is 2. The minimum atomic E-state index is -0.584. The van der Waals surface area contributed by atoms with Crippen LogP contribution in [0.15, 0.2) is 4.79 Å². The summed E-state index contributed by atoms with van der Waals surface area (Å²) in [5.41, 5.74) is -0.905. The molecule has 2 rings (SSSR count). The van der Waals surface area contributed by atoms with E-state index in [0.29, 0.717) is 12.4 Å². The fourth-order valence-corrected chi connectivity index (χ4v) is 2.07. The Hall–Kier alpha value is -0.630. The Morgan fingerprint density at radius 2 is 2.31 bits per heavy atom. The van der Waals surface area contributed by atoms with Gasteiger partial charge in [-0.05, 0) is 48.8 Å². The molecule has 1 unspecified atom stereocenters. The number of nitrogens with zero attached hydrogens (tertiary/aromatic N) is 1. The van der Waals surface area contributed by atoms with Gasteiger partial charge in [0.2, 0.25) is 5.88 Å². The van der Waals surface area contributed by atoms with Gasteiger partial charge in [0.05, 0.1) is 0 Å². The Balaban J connectivity index is 2.43. The van der Waals surface area contributed by atoms with E-state index in [1.54, 1.807) is 22.6 Å². The fraction of sp³-hybridized carbons (Fsp3) is 0.600. The maximum Gasteiger partial charge on any atom is 0.268 e. The van der Waals surface area contributed by atoms with Gasteiger partial charge >= 0.3 is 0 Å². The summed E-state index contributed by atoms with van der Waals surface area (Å²) in [4.78, 5) is 18.2. The molecule has 88 valence electrons. The van der Waals surface area contributed by atoms with E-state index in [-0.39, 0.29) is 15.0 Å². The first-order valence-corrected chi connectivity index (χ1v) is 6.24. The lowest BCUT2D eigenvalue weighted by Crippen LogP contribution is -2.34. The zero-order valence-corrected chi connectivity index (χ0v) is 11.1. The summed E-state index contributed by atoms with van der Waals surface area (Å²) in [6.45, 7) is 2.55. The summed E-state index contributed by atoms with van der Waals surface area (Å²) < 4.78 is 5.86. The SMILES string of the molecule is CC1(c2nc(O)c(I)c(=O)[nH]2)CCCCO1. The predicted octanol–water partition coefficient (Wildman–Crippen LogP) is 1.50. The minimum absolute atomic E-state index is 0.209. The average Bonchev–Trinajstić information content (AvgIpc) is 2.26. The normalized spacial score (nSPS) is 25.6. The van der Waals surface area contributed by atoms with Crippen molar-refractivity contribution < 1.29 is 9.84 Å². The molecule has 0 radical (unpaired) electrons. The van der Waals surface area contributed by atoms with E-state index in [2.05, 4.69) is 9.97 Å². The van der Waals surface area contributed by atoms with Crippen molar-refractivity contribution in [1.29, 1.82) is 0 Å². The van der Waals surface area contributed by atoms with Gasteiger partial charge in [-0.2, -0.15) is 4.98 Å². The number of aromatic hydroxyl groups is 1. The Labute approximate surface area is 106 Å². The topological polar surface area (TPSA) is 75.2 Å². The second-order valence-electron chi connectivity index (χ2n) is 4.09. The molecule has 0 aromatic carbocycles. The van der Waals surface area contributed by atoms with Gasteiger partial charge < -0.3 is 14.8 Å². The highest BCUT2D eigenvalue weighted by molar-refractivity contribution is 14.1. The van der Waals surface area contributed by atoms with E-state index in [0.717, 1.165) is 19.3 Å². The van der Waals surface area contributed by atoms with Crippen LogP contribution in [-0.4, -0.2) is 21.7 Å². The summed E-state index contributed by atoms with van der Waals surface area (Å²) in [7, 11) is 0. The Morgan fingerprint density at radius 3 is 2.88 bits per heavy atom. The van der Waals surface area contributed by atoms with Gasteiger partial charge in [-0.15, -0.1) is 0 Å². The van der Waals surface area contributed by atoms with Crippen LogP contribution >= 0.6 is 22.6 Å². The average molecular weight is 336 g/mol. The van der Waals surface area contributed by atoms with Crippen LogP contribution in [-0.2, 0) is 10.3 Å². The van der Waals surface area contributed by atoms with E-state index >= 15 is 0 Å². The molecule has 1 aliphatic heterocycles. The van der Waals surface area contributed by atoms with Crippen molar-refractivity contribution in [3.63, 3.8) is 0 Å². The number of ether oxygens (including phenoxy) is 1. The number of aromatic amines is 1. The summed E-state index contributed by atoms with van der Waals surface area (Å²) in [5, 5.41) is 9.53. The van der Waals surface area contributed by atoms with Gasteiger partial charge in [0.1, 0.15) is 15.0 Å². The maximum atomic E-state index is 11.5. The molecule has 0 spiro atoms. The lowest BCUT2D eigenvalue weighted by Gasteiger charge is -2.32. The third-order valence-corrected chi connectivity index (χ3v) is 3.79. The van der Waals surface area contributed by atoms with E-state index in [4.69, 9.17) is 4.74 Å². The molecule has 5 nitrogen and oxygen atoms in total. The smallest absolute Gasteiger partial charge is 0.268 e. The van der Waals surface area contributed by atoms with Gasteiger partial charge in [-0.3, -0.25) is 4.79 Å². The van der Waals surface area contributed by atoms with Crippen LogP contribution in [0, 0.1) is 3.57 Å². The molecule has 6 heteroatoms. The third-order valence-electron chi connectivity index (χ3n) is 2.82. The first-order valence-electron chi connectivity index (χ1n) is 5.16. The van der Waals surface area contributed by atoms with E-state index in [1.807, 2.05) is 6.92 Å². The largest absolute Gasteiger partial charge is 0.492 e. The van der Waals surface area contributed by atoms with Crippen molar-refractivity contribution in [3.05, 3.63) is 19.7 Å². The Morgan fingerprint density at radius 1 is 1.56 bits per heavy atom. The van der Waals surface area contributed by atoms with Crippen molar-refractivity contribution in [2.45, 2.75) is 31.8 Å². The van der Waals surface area contributed by atoms with Gasteiger partial charge in [-0.25, -0.2) is 0 Å². The highest BCUT2D eigenvalue weighted by atomic mass is 127. The van der Waals surface area contributed by atoms with E-state index in [1.165, 1.54) is 0 Å². The van der Waals surface area contributed by atoms with Crippen LogP contribution in [0.2, 0.25) is 0 Å². The van der Waals surface area contributed by atoms with Crippen LogP contribution in [0.5, 0.6) is 5.88 Å². The zero-order valence-electron chi connectivity index (χ0n) is 8.92. The van der Waals surface area contributed by atoms with Crippen molar-refractivity contribution >= 4 is 22.6 Å². The van der Waals surface area contributed by atoms with Crippen LogP contribution in [0.3, 0.4) is 0 Å². The molecule has 2 N–H and O–H groups in total. The number of rotatable bonds is 1. The molecule has 1 aliphatic rings. The monoisotopic (exact) mass is 336 g/mol. The molecule has 1 atom stereocenters. The fourth-order valence-electron chi connectivity index (χ4n) is 1.82. The number of hydrogen-bond donors (Lipinski definition) is 2. The predicted molar refractivity (Wildman–Crippen MR) is 66.4 cm³/mol. The third kappa shape index (κ3) is 2.08. The summed E-state index contributed by atoms with van der Waals surface area (Å²) >= 11 is 1.76. The molecule has 0 saturated carbocycles. The minimum Gasteiger partial charge on any atom is -0.492 e. The molecule has 1 aromatic rings. The molecular formula is C10H13IN2O3. The molecule has 0 aliphatic carbocycles. The van der Waals surface area contributed by atoms with Crippen molar-refractivity contribution in [1.82, 2.24) is 9.97 Å². The van der Waals surface area contributed by atoms with Gasteiger partial charge in [-0.1, -0.05) is 0 Å². The van der Waals surface area contributed by atoms with Gasteiger partial charge in [0.15, 0.2) is 0 Å². The molecule has 1 fully saturated rings. The molecule has 0 amide bonds. The maximum absolute atomic E-state index is 11.5. The van der Waals surface area contributed by atoms with E-state index in [9.17, 15) is 9.90 Å². The molecule has 0 bridgehead atoms. The highest BCUT2D eigenvalue weighted by Crippen LogP contribution is 2.32. The van der Waals surface area contributed by atoms with Gasteiger partial charge in [0.25, 0.3) is 5.56 Å². The van der Waals surface area contributed by atoms with Crippen molar-refractivity contribution in [2.75, 3.05) is 6.61 Å². The molecular weight excluding hydrogens is 323 g/mol. The summed E-state index contributed by atoms with van der Waals surface area (Å²) in [6.07, 6.45) is 2.86. The second kappa shape index (κ2) is 4.33. The number of H-pyrrole nitrogens is 1. The molecule has 1 saturated heterocycles. The number of hydrogen-bond acceptors (Lipinski definition) is 4. The molecule has 16 heavy (non-hydrogen) atoms. The zero-order chi connectivity index (χ0) is 11.8. The van der Waals surface area contributed by atoms with Crippen molar-refractivity contribution in [2.24, 2.45) is 0 Å². The van der Waals surface area contributed by atoms with Crippen molar-refractivity contribution in [3.8, 4) is 5.88 Å². The lowest BCUT2D eigenvalue weighted by molar-refractivity contribution is -0.0765. The number of halogens is 1. The highest BCUT2D eigenvalue weighted by Gasteiger charge is 2.33. The summed E-state index contributed by atoms with van der Waals surface area (Å²) in [6, 6.07) is 0. The van der Waals surface area contributed by atoms with Crippen LogP contribution in [0.4, 0.5) is 0 Å². The lowest BCUT2D eigenvalue weighted by atomic mass is 9.95. The van der Waals surface area contributed by atoms with Crippen LogP contribution < -0.4 is 5.56 Å². The van der Waals surface area contributed by atoms with Crippen LogP contribution in [0.25, 0.3) is 0 Å². The van der Waals surface area contributed by atoms with E-state index < -0.39 is 5.60 Å². The first-order chi connectivity index (χ1) is 7.53. The Kier molecular flexibility index (Phi) is 3.20. The van der Waals surface area contributed by atoms with Gasteiger partial charge in [0, 0.05) is 6.61 Å². The molecule has 1 aromatic heterocycles. The Bertz CT molecular complexity index is 452. The first kappa shape index (κ1) is 11.8. The van der Waals surface area contributed by atoms with Crippen LogP contribution in [0.1, 0.15) is 32.0 Å². The number of nitrogens with one attached hydrogen (secondary N) is 1. The quantitative estimate of drug-likeness (QED) is 0.762. The standard InChI is InChI=1S/C10H13IN2O3/c1-10(4-2-3-5-16-10)9-12-7(14)6(11)8(15)13-9/h2-5H2,1H3,(H2,12,13,14,15). The summed E-state index contributed by atoms with van der Waals surface area (Å²) in [5.74, 6) is 0.185. The molecule has 2 heterocycles.